The standard InChI is InChI=1S/C31H28FN3O5S/c1-5-19-9-10-23-26(11-19)33-31-29(23)30(36)25-14-28(39-17-18(2)3)24(13-27(25)35(31)21-15-34(4)16-21)20-7-6-8-22(12-20)40-41(32,37)38/h1,6-14,18,21,33H,15-17H2,2-4H3. The molecule has 3 aromatic carbocycles. The third-order valence-electron chi connectivity index (χ3n) is 7.34. The van der Waals surface area contributed by atoms with Crippen molar-refractivity contribution in [3.63, 3.8) is 0 Å². The molecule has 0 amide bonds. The van der Waals surface area contributed by atoms with E-state index >= 15 is 0 Å². The topological polar surface area (TPSA) is 93.6 Å². The monoisotopic (exact) mass is 573 g/mol. The molecule has 0 saturated carbocycles. The Balaban J connectivity index is 1.68. The summed E-state index contributed by atoms with van der Waals surface area (Å²) in [5.41, 5.74) is 3.91. The van der Waals surface area contributed by atoms with Crippen molar-refractivity contribution >= 4 is 43.3 Å². The smallest absolute Gasteiger partial charge is 0.488 e. The number of H-pyrrole nitrogens is 1. The highest BCUT2D eigenvalue weighted by Crippen LogP contribution is 2.39. The van der Waals surface area contributed by atoms with Crippen molar-refractivity contribution in [2.24, 2.45) is 5.92 Å². The number of nitrogens with zero attached hydrogens (tertiary/aromatic N) is 2. The van der Waals surface area contributed by atoms with Gasteiger partial charge >= 0.3 is 10.5 Å². The highest BCUT2D eigenvalue weighted by atomic mass is 32.3. The van der Waals surface area contributed by atoms with Gasteiger partial charge in [-0.1, -0.05) is 41.9 Å². The molecule has 5 aromatic rings. The van der Waals surface area contributed by atoms with E-state index in [0.717, 1.165) is 24.0 Å². The summed E-state index contributed by atoms with van der Waals surface area (Å²) in [6.45, 7) is 6.00. The Morgan fingerprint density at radius 2 is 1.90 bits per heavy atom. The summed E-state index contributed by atoms with van der Waals surface area (Å²) in [6.07, 6.45) is 5.64. The second kappa shape index (κ2) is 9.94. The van der Waals surface area contributed by atoms with Gasteiger partial charge in [0.2, 0.25) is 0 Å². The van der Waals surface area contributed by atoms with Crippen LogP contribution in [0.3, 0.4) is 0 Å². The average molecular weight is 574 g/mol. The molecule has 6 rings (SSSR count). The summed E-state index contributed by atoms with van der Waals surface area (Å²) in [7, 11) is -3.17. The van der Waals surface area contributed by atoms with Crippen LogP contribution in [0.25, 0.3) is 44.0 Å². The first-order valence-corrected chi connectivity index (χ1v) is 14.5. The molecule has 1 aliphatic rings. The number of aromatic amines is 1. The molecule has 1 N–H and O–H groups in total. The number of likely N-dealkylation sites (tertiary alicyclic amines) is 1. The van der Waals surface area contributed by atoms with Crippen LogP contribution in [0.2, 0.25) is 0 Å². The molecule has 1 aliphatic heterocycles. The number of ether oxygens (including phenoxy) is 1. The van der Waals surface area contributed by atoms with E-state index in [4.69, 9.17) is 11.2 Å². The number of terminal acetylenes is 1. The summed E-state index contributed by atoms with van der Waals surface area (Å²) in [6, 6.07) is 15.4. The van der Waals surface area contributed by atoms with E-state index < -0.39 is 10.5 Å². The van der Waals surface area contributed by atoms with Gasteiger partial charge in [-0.25, -0.2) is 0 Å². The molecule has 2 aromatic heterocycles. The minimum atomic E-state index is -5.21. The lowest BCUT2D eigenvalue weighted by Gasteiger charge is -2.39. The van der Waals surface area contributed by atoms with Crippen LogP contribution >= 0.6 is 0 Å². The lowest BCUT2D eigenvalue weighted by molar-refractivity contribution is 0.146. The van der Waals surface area contributed by atoms with Crippen LogP contribution in [0.4, 0.5) is 3.89 Å². The van der Waals surface area contributed by atoms with Crippen molar-refractivity contribution in [3.8, 4) is 35.0 Å². The van der Waals surface area contributed by atoms with E-state index in [-0.39, 0.29) is 23.1 Å². The van der Waals surface area contributed by atoms with Crippen LogP contribution < -0.4 is 14.3 Å². The van der Waals surface area contributed by atoms with Gasteiger partial charge in [0, 0.05) is 35.1 Å². The number of hydrogen-bond acceptors (Lipinski definition) is 6. The van der Waals surface area contributed by atoms with Gasteiger partial charge in [-0.15, -0.1) is 6.42 Å². The summed E-state index contributed by atoms with van der Waals surface area (Å²) >= 11 is 0. The normalized spacial score (nSPS) is 14.5. The lowest BCUT2D eigenvalue weighted by atomic mass is 9.99. The minimum absolute atomic E-state index is 0.0902. The number of nitrogens with one attached hydrogen (secondary N) is 1. The van der Waals surface area contributed by atoms with Crippen LogP contribution in [0.5, 0.6) is 11.5 Å². The van der Waals surface area contributed by atoms with Crippen molar-refractivity contribution in [1.29, 1.82) is 0 Å². The number of benzene rings is 3. The molecule has 1 fully saturated rings. The van der Waals surface area contributed by atoms with Crippen LogP contribution in [-0.2, 0) is 10.5 Å². The molecule has 210 valence electrons. The Hall–Kier alpha value is -4.33. The van der Waals surface area contributed by atoms with Gasteiger partial charge in [-0.2, -0.15) is 8.42 Å². The van der Waals surface area contributed by atoms with Crippen LogP contribution in [0.15, 0.2) is 59.4 Å². The second-order valence-corrected chi connectivity index (χ2v) is 11.9. The molecule has 1 saturated heterocycles. The summed E-state index contributed by atoms with van der Waals surface area (Å²) < 4.78 is 48.5. The number of halogens is 1. The molecule has 0 atom stereocenters. The van der Waals surface area contributed by atoms with E-state index in [1.807, 2.05) is 45.2 Å². The molecular weight excluding hydrogens is 545 g/mol. The zero-order chi connectivity index (χ0) is 29.1. The number of likely N-dealkylation sites (N-methyl/N-ethyl adjacent to an activating group) is 1. The summed E-state index contributed by atoms with van der Waals surface area (Å²) in [5, 5.41) is 1.87. The Morgan fingerprint density at radius 3 is 2.59 bits per heavy atom. The number of pyridine rings is 1. The van der Waals surface area contributed by atoms with Gasteiger partial charge in [0.05, 0.1) is 28.9 Å². The van der Waals surface area contributed by atoms with Gasteiger partial charge in [0.1, 0.15) is 17.1 Å². The average Bonchev–Trinajstić information content (AvgIpc) is 3.28. The second-order valence-electron chi connectivity index (χ2n) is 10.9. The van der Waals surface area contributed by atoms with E-state index in [2.05, 4.69) is 24.6 Å². The van der Waals surface area contributed by atoms with Gasteiger partial charge < -0.3 is 23.4 Å². The highest BCUT2D eigenvalue weighted by Gasteiger charge is 2.30. The third kappa shape index (κ3) is 4.92. The van der Waals surface area contributed by atoms with Gasteiger partial charge in [0.15, 0.2) is 5.43 Å². The molecule has 0 bridgehead atoms. The third-order valence-corrected chi connectivity index (χ3v) is 7.73. The van der Waals surface area contributed by atoms with Crippen molar-refractivity contribution < 1.29 is 21.2 Å². The Bertz CT molecular complexity index is 2050. The van der Waals surface area contributed by atoms with Gasteiger partial charge in [-0.3, -0.25) is 4.79 Å². The number of aromatic nitrogens is 2. The van der Waals surface area contributed by atoms with Gasteiger partial charge in [0.25, 0.3) is 0 Å². The van der Waals surface area contributed by atoms with E-state index in [1.54, 1.807) is 18.2 Å². The maximum absolute atomic E-state index is 14.1. The molecule has 41 heavy (non-hydrogen) atoms. The number of fused-ring (bicyclic) bond motifs is 4. The lowest BCUT2D eigenvalue weighted by Crippen LogP contribution is -2.45. The maximum Gasteiger partial charge on any atom is 0.488 e. The molecule has 0 unspecified atom stereocenters. The predicted octanol–water partition coefficient (Wildman–Crippen LogP) is 5.40. The Labute approximate surface area is 236 Å². The van der Waals surface area contributed by atoms with Crippen LogP contribution in [0.1, 0.15) is 25.5 Å². The molecule has 3 heterocycles. The fraction of sp³-hybridized carbons (Fsp3) is 0.258. The maximum atomic E-state index is 14.1. The van der Waals surface area contributed by atoms with E-state index in [0.29, 0.717) is 51.0 Å². The Kier molecular flexibility index (Phi) is 6.52. The molecule has 0 spiro atoms. The fourth-order valence-electron chi connectivity index (χ4n) is 5.53. The van der Waals surface area contributed by atoms with Gasteiger partial charge in [-0.05, 0) is 54.9 Å². The first-order chi connectivity index (χ1) is 19.5. The molecule has 10 heteroatoms. The van der Waals surface area contributed by atoms with Crippen molar-refractivity contribution in [3.05, 3.63) is 70.4 Å². The van der Waals surface area contributed by atoms with Crippen molar-refractivity contribution in [1.82, 2.24) is 14.5 Å². The summed E-state index contributed by atoms with van der Waals surface area (Å²) in [4.78, 5) is 19.8. The Morgan fingerprint density at radius 1 is 1.12 bits per heavy atom. The zero-order valence-electron chi connectivity index (χ0n) is 22.8. The molecule has 8 nitrogen and oxygen atoms in total. The molecule has 0 radical (unpaired) electrons. The van der Waals surface area contributed by atoms with Crippen molar-refractivity contribution in [2.45, 2.75) is 19.9 Å². The number of rotatable bonds is 7. The zero-order valence-corrected chi connectivity index (χ0v) is 23.6. The predicted molar refractivity (Wildman–Crippen MR) is 158 cm³/mol. The first kappa shape index (κ1) is 26.9. The van der Waals surface area contributed by atoms with Crippen LogP contribution in [-0.4, -0.2) is 49.6 Å². The van der Waals surface area contributed by atoms with E-state index in [1.165, 1.54) is 12.1 Å². The van der Waals surface area contributed by atoms with Crippen molar-refractivity contribution in [2.75, 3.05) is 26.7 Å². The SMILES string of the molecule is C#Cc1ccc2c(c1)[nH]c1c2c(=O)c2cc(OCC(C)C)c(-c3cccc(OS(=O)(=O)F)c3)cc2n1C1CN(C)C1. The number of hydrogen-bond donors (Lipinski definition) is 1. The summed E-state index contributed by atoms with van der Waals surface area (Å²) in [5.74, 6) is 3.13. The minimum Gasteiger partial charge on any atom is -0.493 e. The highest BCUT2D eigenvalue weighted by molar-refractivity contribution is 7.81. The first-order valence-electron chi connectivity index (χ1n) is 13.2. The quantitative estimate of drug-likeness (QED) is 0.207. The van der Waals surface area contributed by atoms with E-state index in [9.17, 15) is 17.1 Å². The largest absolute Gasteiger partial charge is 0.493 e. The fourth-order valence-corrected chi connectivity index (χ4v) is 5.86. The van der Waals surface area contributed by atoms with Crippen LogP contribution in [0, 0.1) is 18.3 Å². The molecular formula is C31H28FN3O5S. The molecule has 0 aliphatic carbocycles.